The number of nitrogens with zero attached hydrogens (tertiary/aromatic N) is 5. The monoisotopic (exact) mass is 394 g/mol. The van der Waals surface area contributed by atoms with Crippen LogP contribution >= 0.6 is 11.8 Å². The summed E-state index contributed by atoms with van der Waals surface area (Å²) in [7, 11) is 1.86. The van der Waals surface area contributed by atoms with Crippen LogP contribution in [-0.4, -0.2) is 38.0 Å². The van der Waals surface area contributed by atoms with Crippen molar-refractivity contribution in [3.8, 4) is 0 Å². The molecule has 2 aromatic heterocycles. The summed E-state index contributed by atoms with van der Waals surface area (Å²) >= 11 is 1.37. The van der Waals surface area contributed by atoms with Crippen molar-refractivity contribution in [1.82, 2.24) is 25.1 Å². The van der Waals surface area contributed by atoms with Gasteiger partial charge < -0.3 is 14.8 Å². The number of hydrogen-bond acceptors (Lipinski definition) is 6. The zero-order valence-corrected chi connectivity index (χ0v) is 16.5. The molecule has 1 amide bonds. The molecule has 0 aliphatic carbocycles. The van der Waals surface area contributed by atoms with Gasteiger partial charge in [-0.05, 0) is 23.6 Å². The van der Waals surface area contributed by atoms with Crippen molar-refractivity contribution < 1.29 is 4.79 Å². The van der Waals surface area contributed by atoms with Crippen molar-refractivity contribution >= 4 is 23.5 Å². The number of nitrogens with one attached hydrogen (secondary N) is 1. The van der Waals surface area contributed by atoms with Gasteiger partial charge in [-0.1, -0.05) is 42.1 Å². The smallest absolute Gasteiger partial charge is 0.230 e. The first kappa shape index (κ1) is 18.5. The molecule has 0 saturated carbocycles. The number of anilines is 1. The number of hydrogen-bond donors (Lipinski definition) is 1. The van der Waals surface area contributed by atoms with E-state index in [0.717, 1.165) is 36.0 Å². The second kappa shape index (κ2) is 8.43. The van der Waals surface area contributed by atoms with Gasteiger partial charge in [-0.15, -0.1) is 10.2 Å². The third-order valence-electron chi connectivity index (χ3n) is 4.78. The predicted octanol–water partition coefficient (Wildman–Crippen LogP) is 2.18. The number of amides is 1. The highest BCUT2D eigenvalue weighted by Crippen LogP contribution is 2.25. The van der Waals surface area contributed by atoms with Gasteiger partial charge in [0.25, 0.3) is 0 Å². The van der Waals surface area contributed by atoms with Crippen LogP contribution in [-0.2, 0) is 31.4 Å². The number of pyridine rings is 1. The van der Waals surface area contributed by atoms with Crippen LogP contribution in [0, 0.1) is 0 Å². The molecule has 1 aromatic carbocycles. The Hall–Kier alpha value is -2.87. The largest absolute Gasteiger partial charge is 0.352 e. The first-order chi connectivity index (χ1) is 13.7. The molecule has 0 unspecified atom stereocenters. The summed E-state index contributed by atoms with van der Waals surface area (Å²) in [5.74, 6) is 1.21. The molecule has 0 fully saturated rings. The van der Waals surface area contributed by atoms with E-state index in [1.54, 1.807) is 10.9 Å². The molecule has 0 spiro atoms. The molecule has 0 saturated heterocycles. The summed E-state index contributed by atoms with van der Waals surface area (Å²) in [5, 5.41) is 11.5. The van der Waals surface area contributed by atoms with Crippen LogP contribution in [0.15, 0.2) is 54.1 Å². The van der Waals surface area contributed by atoms with Gasteiger partial charge in [0.2, 0.25) is 5.91 Å². The van der Waals surface area contributed by atoms with Crippen molar-refractivity contribution in [1.29, 1.82) is 0 Å². The van der Waals surface area contributed by atoms with Crippen LogP contribution in [0.1, 0.15) is 16.7 Å². The molecule has 3 aromatic rings. The number of benzene rings is 1. The fourth-order valence-corrected chi connectivity index (χ4v) is 4.03. The van der Waals surface area contributed by atoms with Gasteiger partial charge in [0.1, 0.15) is 12.1 Å². The normalized spacial score (nSPS) is 13.2. The van der Waals surface area contributed by atoms with E-state index in [1.807, 2.05) is 25.4 Å². The van der Waals surface area contributed by atoms with Crippen LogP contribution in [0.5, 0.6) is 0 Å². The number of fused-ring (bicyclic) bond motifs is 1. The van der Waals surface area contributed by atoms with E-state index in [1.165, 1.54) is 22.9 Å². The highest BCUT2D eigenvalue weighted by Gasteiger charge is 2.19. The lowest BCUT2D eigenvalue weighted by Gasteiger charge is -2.31. The Balaban J connectivity index is 1.38. The van der Waals surface area contributed by atoms with Crippen molar-refractivity contribution in [3.05, 3.63) is 65.6 Å². The summed E-state index contributed by atoms with van der Waals surface area (Å²) in [6.45, 7) is 2.23. The molecule has 8 heteroatoms. The van der Waals surface area contributed by atoms with E-state index in [0.29, 0.717) is 12.3 Å². The summed E-state index contributed by atoms with van der Waals surface area (Å²) in [4.78, 5) is 19.1. The molecule has 28 heavy (non-hydrogen) atoms. The maximum Gasteiger partial charge on any atom is 0.230 e. The first-order valence-electron chi connectivity index (χ1n) is 9.20. The summed E-state index contributed by atoms with van der Waals surface area (Å²) < 4.78 is 1.80. The fraction of sp³-hybridized carbons (Fsp3) is 0.300. The average molecular weight is 395 g/mol. The van der Waals surface area contributed by atoms with Gasteiger partial charge in [-0.2, -0.15) is 0 Å². The maximum absolute atomic E-state index is 12.3. The minimum absolute atomic E-state index is 0.0354. The van der Waals surface area contributed by atoms with E-state index in [2.05, 4.69) is 49.7 Å². The number of carbonyl (C=O) groups excluding carboxylic acids is 1. The van der Waals surface area contributed by atoms with E-state index in [-0.39, 0.29) is 5.91 Å². The summed E-state index contributed by atoms with van der Waals surface area (Å²) in [5.41, 5.74) is 3.78. The molecule has 0 radical (unpaired) electrons. The van der Waals surface area contributed by atoms with Crippen LogP contribution < -0.4 is 10.2 Å². The molecule has 1 aliphatic rings. The number of rotatable bonds is 6. The molecule has 0 atom stereocenters. The Morgan fingerprint density at radius 2 is 2.07 bits per heavy atom. The van der Waals surface area contributed by atoms with Gasteiger partial charge in [0.15, 0.2) is 5.16 Å². The minimum atomic E-state index is -0.0354. The van der Waals surface area contributed by atoms with Gasteiger partial charge in [0, 0.05) is 38.4 Å². The lowest BCUT2D eigenvalue weighted by atomic mass is 9.99. The van der Waals surface area contributed by atoms with Crippen LogP contribution in [0.3, 0.4) is 0 Å². The molecule has 1 N–H and O–H groups in total. The molecule has 1 aliphatic heterocycles. The topological polar surface area (TPSA) is 75.9 Å². The number of aromatic nitrogens is 4. The van der Waals surface area contributed by atoms with E-state index < -0.39 is 0 Å². The molecule has 7 nitrogen and oxygen atoms in total. The molecule has 4 rings (SSSR count). The van der Waals surface area contributed by atoms with Crippen molar-refractivity contribution in [3.63, 3.8) is 0 Å². The Morgan fingerprint density at radius 3 is 2.89 bits per heavy atom. The third kappa shape index (κ3) is 4.17. The maximum atomic E-state index is 12.3. The molecular weight excluding hydrogens is 372 g/mol. The molecule has 3 heterocycles. The van der Waals surface area contributed by atoms with Gasteiger partial charge in [-0.25, -0.2) is 4.98 Å². The van der Waals surface area contributed by atoms with Crippen molar-refractivity contribution in [2.75, 3.05) is 17.2 Å². The SMILES string of the molecule is Cn1cnnc1SCC(=O)NCc1cccnc1N1CCc2ccccc2C1. The third-order valence-corrected chi connectivity index (χ3v) is 5.81. The standard InChI is InChI=1S/C20H22N6OS/c1-25-14-23-24-20(25)28-13-18(27)22-11-16-7-4-9-21-19(16)26-10-8-15-5-2-3-6-17(15)12-26/h2-7,9,14H,8,10-13H2,1H3,(H,22,27). The van der Waals surface area contributed by atoms with E-state index in [4.69, 9.17) is 0 Å². The minimum Gasteiger partial charge on any atom is -0.352 e. The zero-order valence-electron chi connectivity index (χ0n) is 15.7. The highest BCUT2D eigenvalue weighted by molar-refractivity contribution is 7.99. The highest BCUT2D eigenvalue weighted by atomic mass is 32.2. The second-order valence-electron chi connectivity index (χ2n) is 6.72. The number of aryl methyl sites for hydroxylation is 1. The van der Waals surface area contributed by atoms with Crippen LogP contribution in [0.2, 0.25) is 0 Å². The molecule has 144 valence electrons. The Morgan fingerprint density at radius 1 is 1.21 bits per heavy atom. The van der Waals surface area contributed by atoms with Crippen molar-refractivity contribution in [2.24, 2.45) is 7.05 Å². The molecule has 0 bridgehead atoms. The lowest BCUT2D eigenvalue weighted by Crippen LogP contribution is -2.33. The summed E-state index contributed by atoms with van der Waals surface area (Å²) in [6.07, 6.45) is 4.44. The van der Waals surface area contributed by atoms with Crippen LogP contribution in [0.4, 0.5) is 5.82 Å². The second-order valence-corrected chi connectivity index (χ2v) is 7.66. The van der Waals surface area contributed by atoms with E-state index >= 15 is 0 Å². The number of carbonyl (C=O) groups is 1. The molecular formula is C20H22N6OS. The average Bonchev–Trinajstić information content (AvgIpc) is 3.15. The Kier molecular flexibility index (Phi) is 5.57. The van der Waals surface area contributed by atoms with E-state index in [9.17, 15) is 4.79 Å². The van der Waals surface area contributed by atoms with Crippen molar-refractivity contribution in [2.45, 2.75) is 24.7 Å². The Labute approximate surface area is 168 Å². The fourth-order valence-electron chi connectivity index (χ4n) is 3.31. The predicted molar refractivity (Wildman–Crippen MR) is 109 cm³/mol. The van der Waals surface area contributed by atoms with Gasteiger partial charge in [0.05, 0.1) is 5.75 Å². The summed E-state index contributed by atoms with van der Waals surface area (Å²) in [6, 6.07) is 12.5. The number of thioether (sulfide) groups is 1. The first-order valence-corrected chi connectivity index (χ1v) is 10.2. The zero-order chi connectivity index (χ0) is 19.3. The van der Waals surface area contributed by atoms with Crippen LogP contribution in [0.25, 0.3) is 0 Å². The quantitative estimate of drug-likeness (QED) is 0.646. The lowest BCUT2D eigenvalue weighted by molar-refractivity contribution is -0.118. The Bertz CT molecular complexity index is 973. The van der Waals surface area contributed by atoms with Gasteiger partial charge >= 0.3 is 0 Å². The van der Waals surface area contributed by atoms with Gasteiger partial charge in [-0.3, -0.25) is 4.79 Å².